The van der Waals surface area contributed by atoms with Gasteiger partial charge in [0.2, 0.25) is 0 Å². The van der Waals surface area contributed by atoms with Crippen LogP contribution in [0.4, 0.5) is 0 Å². The van der Waals surface area contributed by atoms with Crippen molar-refractivity contribution in [3.05, 3.63) is 39.0 Å². The minimum atomic E-state index is 0.395. The Hall–Kier alpha value is 0.420. The van der Waals surface area contributed by atoms with Gasteiger partial charge in [-0.05, 0) is 69.2 Å². The molecule has 1 aromatic carbocycles. The van der Waals surface area contributed by atoms with Gasteiger partial charge >= 0.3 is 0 Å². The van der Waals surface area contributed by atoms with E-state index >= 15 is 0 Å². The Balaban J connectivity index is 2.19. The lowest BCUT2D eigenvalue weighted by molar-refractivity contribution is 0.359. The topological polar surface area (TPSA) is 0 Å². The molecule has 16 heavy (non-hydrogen) atoms. The molecule has 0 amide bonds. The molecular formula is C14H14I2. The second-order valence-corrected chi connectivity index (χ2v) is 6.97. The summed E-state index contributed by atoms with van der Waals surface area (Å²) < 4.78 is 3.10. The zero-order chi connectivity index (χ0) is 11.2. The molecule has 2 aliphatic rings. The average molecular weight is 436 g/mol. The van der Waals surface area contributed by atoms with Crippen molar-refractivity contribution in [1.29, 1.82) is 0 Å². The molecule has 2 aliphatic carbocycles. The van der Waals surface area contributed by atoms with Crippen LogP contribution in [-0.4, -0.2) is 0 Å². The van der Waals surface area contributed by atoms with Crippen molar-refractivity contribution in [2.24, 2.45) is 0 Å². The van der Waals surface area contributed by atoms with E-state index < -0.39 is 0 Å². The third kappa shape index (κ3) is 1.51. The lowest BCUT2D eigenvalue weighted by atomic mass is 9.71. The van der Waals surface area contributed by atoms with Gasteiger partial charge in [-0.2, -0.15) is 0 Å². The van der Waals surface area contributed by atoms with E-state index in [1.54, 1.807) is 9.14 Å². The van der Waals surface area contributed by atoms with E-state index in [-0.39, 0.29) is 0 Å². The summed E-state index contributed by atoms with van der Waals surface area (Å²) in [6.07, 6.45) is 6.92. The largest absolute Gasteiger partial charge is 0.0619 e. The smallest absolute Gasteiger partial charge is 0.0307 e. The van der Waals surface area contributed by atoms with Crippen molar-refractivity contribution < 1.29 is 0 Å². The van der Waals surface area contributed by atoms with Crippen molar-refractivity contribution in [3.8, 4) is 0 Å². The lowest BCUT2D eigenvalue weighted by Crippen LogP contribution is -2.27. The van der Waals surface area contributed by atoms with Crippen molar-refractivity contribution in [3.63, 3.8) is 0 Å². The van der Waals surface area contributed by atoms with E-state index in [2.05, 4.69) is 69.4 Å². The number of benzene rings is 1. The van der Waals surface area contributed by atoms with E-state index in [9.17, 15) is 0 Å². The number of fused-ring (bicyclic) bond motifs is 2. The zero-order valence-electron chi connectivity index (χ0n) is 9.10. The monoisotopic (exact) mass is 436 g/mol. The van der Waals surface area contributed by atoms with Gasteiger partial charge in [-0.25, -0.2) is 0 Å². The van der Waals surface area contributed by atoms with Crippen LogP contribution in [-0.2, 0) is 5.41 Å². The highest BCUT2D eigenvalue weighted by molar-refractivity contribution is 14.1. The van der Waals surface area contributed by atoms with Gasteiger partial charge in [0.15, 0.2) is 0 Å². The Morgan fingerprint density at radius 2 is 1.62 bits per heavy atom. The van der Waals surface area contributed by atoms with Gasteiger partial charge in [0.25, 0.3) is 0 Å². The van der Waals surface area contributed by atoms with Crippen molar-refractivity contribution in [2.75, 3.05) is 0 Å². The molecule has 0 aliphatic heterocycles. The SMILES string of the molecule is IC1=C(I)C2(CCCCC2)c2ccccc21. The number of rotatable bonds is 0. The molecule has 1 fully saturated rings. The van der Waals surface area contributed by atoms with E-state index in [1.807, 2.05) is 0 Å². The molecule has 0 saturated heterocycles. The van der Waals surface area contributed by atoms with Crippen LogP contribution in [0.5, 0.6) is 0 Å². The van der Waals surface area contributed by atoms with Crippen molar-refractivity contribution in [2.45, 2.75) is 37.5 Å². The van der Waals surface area contributed by atoms with Crippen LogP contribution in [0.2, 0.25) is 0 Å². The summed E-state index contributed by atoms with van der Waals surface area (Å²) in [6.45, 7) is 0. The molecule has 2 heteroatoms. The van der Waals surface area contributed by atoms with Crippen LogP contribution >= 0.6 is 45.2 Å². The fourth-order valence-corrected chi connectivity index (χ4v) is 5.29. The third-order valence-corrected chi connectivity index (χ3v) is 7.72. The first-order valence-corrected chi connectivity index (χ1v) is 8.07. The Bertz CT molecular complexity index is 454. The third-order valence-electron chi connectivity index (χ3n) is 4.00. The minimum Gasteiger partial charge on any atom is -0.0619 e. The lowest BCUT2D eigenvalue weighted by Gasteiger charge is -2.35. The first-order chi connectivity index (χ1) is 7.76. The second kappa shape index (κ2) is 4.26. The fourth-order valence-electron chi connectivity index (χ4n) is 3.18. The molecule has 0 unspecified atom stereocenters. The molecule has 0 heterocycles. The zero-order valence-corrected chi connectivity index (χ0v) is 13.4. The standard InChI is InChI=1S/C14H14I2/c15-12-10-6-2-3-7-11(10)14(13(12)16)8-4-1-5-9-14/h2-3,6-7H,1,4-5,8-9H2. The first kappa shape index (κ1) is 11.5. The van der Waals surface area contributed by atoms with E-state index in [0.717, 1.165) is 0 Å². The van der Waals surface area contributed by atoms with Gasteiger partial charge < -0.3 is 0 Å². The van der Waals surface area contributed by atoms with Gasteiger partial charge in [0.05, 0.1) is 0 Å². The molecule has 0 bridgehead atoms. The maximum atomic E-state index is 2.60. The summed E-state index contributed by atoms with van der Waals surface area (Å²) in [5.74, 6) is 0. The predicted molar refractivity (Wildman–Crippen MR) is 86.2 cm³/mol. The van der Waals surface area contributed by atoms with Crippen molar-refractivity contribution in [1.82, 2.24) is 0 Å². The fraction of sp³-hybridized carbons (Fsp3) is 0.429. The van der Waals surface area contributed by atoms with Crippen molar-refractivity contribution >= 4 is 48.8 Å². The Labute approximate surface area is 124 Å². The quantitative estimate of drug-likeness (QED) is 0.476. The highest BCUT2D eigenvalue weighted by atomic mass is 127. The molecule has 0 nitrogen and oxygen atoms in total. The van der Waals surface area contributed by atoms with Crippen LogP contribution in [0.3, 0.4) is 0 Å². The molecule has 1 spiro atoms. The van der Waals surface area contributed by atoms with E-state index in [0.29, 0.717) is 5.41 Å². The maximum absolute atomic E-state index is 2.60. The Morgan fingerprint density at radius 3 is 2.38 bits per heavy atom. The number of hydrogen-bond donors (Lipinski definition) is 0. The van der Waals surface area contributed by atoms with Gasteiger partial charge in [0.1, 0.15) is 0 Å². The van der Waals surface area contributed by atoms with Gasteiger partial charge in [-0.1, -0.05) is 43.5 Å². The Kier molecular flexibility index (Phi) is 3.07. The van der Waals surface area contributed by atoms with Crippen LogP contribution in [0.15, 0.2) is 27.8 Å². The highest BCUT2D eigenvalue weighted by Gasteiger charge is 2.43. The van der Waals surface area contributed by atoms with Gasteiger partial charge in [-0.3, -0.25) is 0 Å². The van der Waals surface area contributed by atoms with E-state index in [4.69, 9.17) is 0 Å². The van der Waals surface area contributed by atoms with Crippen LogP contribution in [0, 0.1) is 0 Å². The summed E-state index contributed by atoms with van der Waals surface area (Å²) >= 11 is 5.13. The second-order valence-electron chi connectivity index (χ2n) is 4.82. The summed E-state index contributed by atoms with van der Waals surface area (Å²) in [6, 6.07) is 9.02. The number of hydrogen-bond acceptors (Lipinski definition) is 0. The minimum absolute atomic E-state index is 0.395. The van der Waals surface area contributed by atoms with Gasteiger partial charge in [-0.15, -0.1) is 0 Å². The molecule has 0 aromatic heterocycles. The van der Waals surface area contributed by atoms with Crippen LogP contribution in [0.1, 0.15) is 43.2 Å². The molecular weight excluding hydrogens is 422 g/mol. The Morgan fingerprint density at radius 1 is 0.938 bits per heavy atom. The molecule has 0 N–H and O–H groups in total. The summed E-state index contributed by atoms with van der Waals surface area (Å²) in [5, 5.41) is 0. The molecule has 0 radical (unpaired) electrons. The molecule has 84 valence electrons. The predicted octanol–water partition coefficient (Wildman–Crippen LogP) is 5.44. The summed E-state index contributed by atoms with van der Waals surface area (Å²) in [5.41, 5.74) is 3.49. The van der Waals surface area contributed by atoms with E-state index in [1.165, 1.54) is 41.2 Å². The molecule has 3 rings (SSSR count). The summed E-state index contributed by atoms with van der Waals surface area (Å²) in [4.78, 5) is 0. The maximum Gasteiger partial charge on any atom is 0.0307 e. The van der Waals surface area contributed by atoms with Gasteiger partial charge in [0, 0.05) is 12.6 Å². The summed E-state index contributed by atoms with van der Waals surface area (Å²) in [7, 11) is 0. The van der Waals surface area contributed by atoms with Crippen LogP contribution in [0.25, 0.3) is 3.58 Å². The number of halogens is 2. The molecule has 0 atom stereocenters. The highest BCUT2D eigenvalue weighted by Crippen LogP contribution is 2.57. The first-order valence-electron chi connectivity index (χ1n) is 5.91. The molecule has 1 saturated carbocycles. The normalized spacial score (nSPS) is 22.6. The molecule has 1 aromatic rings. The average Bonchev–Trinajstić information content (AvgIpc) is 2.55. The number of allylic oxidation sites excluding steroid dienone is 1. The van der Waals surface area contributed by atoms with Crippen LogP contribution < -0.4 is 0 Å².